The zero-order chi connectivity index (χ0) is 10.2. The first-order chi connectivity index (χ1) is 6.86. The molecule has 0 aromatic rings. The topological polar surface area (TPSA) is 24.5 Å². The second kappa shape index (κ2) is 7.21. The number of nitrogens with zero attached hydrogens (tertiary/aromatic N) is 1. The Kier molecular flexibility index (Phi) is 6.15. The van der Waals surface area contributed by atoms with E-state index in [-0.39, 0.29) is 0 Å². The number of hydrogen-bond acceptors (Lipinski definition) is 3. The Hall–Kier alpha value is -0.120. The Bertz CT molecular complexity index is 129. The van der Waals surface area contributed by atoms with Crippen molar-refractivity contribution in [2.45, 2.75) is 32.8 Å². The normalized spacial score (nSPS) is 22.9. The van der Waals surface area contributed by atoms with Crippen LogP contribution in [-0.4, -0.2) is 50.3 Å². The third-order valence-electron chi connectivity index (χ3n) is 2.55. The van der Waals surface area contributed by atoms with Gasteiger partial charge >= 0.3 is 0 Å². The van der Waals surface area contributed by atoms with Gasteiger partial charge in [0.05, 0.1) is 12.7 Å². The van der Waals surface area contributed by atoms with Crippen LogP contribution in [0.5, 0.6) is 0 Å². The average molecular weight is 200 g/mol. The van der Waals surface area contributed by atoms with Gasteiger partial charge in [-0.3, -0.25) is 0 Å². The van der Waals surface area contributed by atoms with E-state index in [4.69, 9.17) is 4.74 Å². The molecular weight excluding hydrogens is 176 g/mol. The fourth-order valence-corrected chi connectivity index (χ4v) is 1.95. The van der Waals surface area contributed by atoms with Gasteiger partial charge < -0.3 is 15.0 Å². The van der Waals surface area contributed by atoms with Gasteiger partial charge in [-0.2, -0.15) is 0 Å². The number of nitrogens with one attached hydrogen (secondary N) is 1. The lowest BCUT2D eigenvalue weighted by Gasteiger charge is -2.29. The summed E-state index contributed by atoms with van der Waals surface area (Å²) in [7, 11) is 0. The molecule has 84 valence electrons. The van der Waals surface area contributed by atoms with Gasteiger partial charge in [-0.25, -0.2) is 0 Å². The van der Waals surface area contributed by atoms with E-state index in [1.807, 2.05) is 0 Å². The predicted molar refractivity (Wildman–Crippen MR) is 59.6 cm³/mol. The van der Waals surface area contributed by atoms with Crippen molar-refractivity contribution >= 4 is 0 Å². The standard InChI is InChI=1S/C11H24N2O/c1-3-6-13(7-4-2)10-11-9-12-5-8-14-11/h11-12H,3-10H2,1-2H3. The Morgan fingerprint density at radius 1 is 1.29 bits per heavy atom. The fourth-order valence-electron chi connectivity index (χ4n) is 1.95. The molecule has 1 aliphatic rings. The van der Waals surface area contributed by atoms with Gasteiger partial charge in [0, 0.05) is 19.6 Å². The molecule has 1 unspecified atom stereocenters. The van der Waals surface area contributed by atoms with Crippen LogP contribution in [0.15, 0.2) is 0 Å². The molecule has 0 aromatic heterocycles. The third-order valence-corrected chi connectivity index (χ3v) is 2.55. The minimum absolute atomic E-state index is 0.404. The van der Waals surface area contributed by atoms with Gasteiger partial charge in [0.2, 0.25) is 0 Å². The Labute approximate surface area is 87.8 Å². The summed E-state index contributed by atoms with van der Waals surface area (Å²) < 4.78 is 5.70. The molecule has 0 aliphatic carbocycles. The highest BCUT2D eigenvalue weighted by Crippen LogP contribution is 2.02. The van der Waals surface area contributed by atoms with Crippen molar-refractivity contribution in [3.05, 3.63) is 0 Å². The lowest BCUT2D eigenvalue weighted by molar-refractivity contribution is 0.00554. The molecule has 14 heavy (non-hydrogen) atoms. The van der Waals surface area contributed by atoms with E-state index in [9.17, 15) is 0 Å². The average Bonchev–Trinajstić information content (AvgIpc) is 2.20. The second-order valence-corrected chi connectivity index (χ2v) is 4.00. The van der Waals surface area contributed by atoms with Crippen LogP contribution in [0.2, 0.25) is 0 Å². The molecule has 1 fully saturated rings. The van der Waals surface area contributed by atoms with E-state index >= 15 is 0 Å². The summed E-state index contributed by atoms with van der Waals surface area (Å²) in [5, 5.41) is 3.37. The molecule has 1 N–H and O–H groups in total. The van der Waals surface area contributed by atoms with E-state index in [0.717, 1.165) is 26.2 Å². The lowest BCUT2D eigenvalue weighted by Crippen LogP contribution is -2.45. The maximum Gasteiger partial charge on any atom is 0.0826 e. The molecule has 1 saturated heterocycles. The predicted octanol–water partition coefficient (Wildman–Crippen LogP) is 1.10. The summed E-state index contributed by atoms with van der Waals surface area (Å²) in [4.78, 5) is 2.51. The van der Waals surface area contributed by atoms with Gasteiger partial charge in [0.25, 0.3) is 0 Å². The smallest absolute Gasteiger partial charge is 0.0826 e. The van der Waals surface area contributed by atoms with Gasteiger partial charge in [-0.15, -0.1) is 0 Å². The number of hydrogen-bond donors (Lipinski definition) is 1. The van der Waals surface area contributed by atoms with Crippen LogP contribution >= 0.6 is 0 Å². The van der Waals surface area contributed by atoms with E-state index in [0.29, 0.717) is 6.10 Å². The Morgan fingerprint density at radius 2 is 2.00 bits per heavy atom. The number of morpholine rings is 1. The molecular formula is C11H24N2O. The van der Waals surface area contributed by atoms with Crippen molar-refractivity contribution in [2.75, 3.05) is 39.3 Å². The van der Waals surface area contributed by atoms with Gasteiger partial charge in [0.15, 0.2) is 0 Å². The zero-order valence-electron chi connectivity index (χ0n) is 9.59. The second-order valence-electron chi connectivity index (χ2n) is 4.00. The number of ether oxygens (including phenoxy) is 1. The minimum Gasteiger partial charge on any atom is -0.374 e. The molecule has 1 aliphatic heterocycles. The van der Waals surface area contributed by atoms with Crippen molar-refractivity contribution in [2.24, 2.45) is 0 Å². The minimum atomic E-state index is 0.404. The van der Waals surface area contributed by atoms with Gasteiger partial charge in [-0.1, -0.05) is 13.8 Å². The van der Waals surface area contributed by atoms with Crippen LogP contribution in [0.1, 0.15) is 26.7 Å². The summed E-state index contributed by atoms with van der Waals surface area (Å²) in [5.74, 6) is 0. The van der Waals surface area contributed by atoms with Crippen molar-refractivity contribution in [1.29, 1.82) is 0 Å². The first-order valence-corrected chi connectivity index (χ1v) is 5.91. The van der Waals surface area contributed by atoms with Crippen molar-refractivity contribution in [1.82, 2.24) is 10.2 Å². The monoisotopic (exact) mass is 200 g/mol. The highest BCUT2D eigenvalue weighted by molar-refractivity contribution is 4.71. The molecule has 0 aromatic carbocycles. The maximum atomic E-state index is 5.70. The molecule has 1 rings (SSSR count). The van der Waals surface area contributed by atoms with Crippen molar-refractivity contribution in [3.8, 4) is 0 Å². The summed E-state index contributed by atoms with van der Waals surface area (Å²) in [6.07, 6.45) is 2.88. The molecule has 0 radical (unpaired) electrons. The quantitative estimate of drug-likeness (QED) is 0.695. The van der Waals surface area contributed by atoms with Crippen LogP contribution in [0.25, 0.3) is 0 Å². The first kappa shape index (κ1) is 12.0. The summed E-state index contributed by atoms with van der Waals surface area (Å²) in [6.45, 7) is 10.9. The van der Waals surface area contributed by atoms with Crippen LogP contribution in [0.4, 0.5) is 0 Å². The molecule has 0 saturated carbocycles. The van der Waals surface area contributed by atoms with E-state index in [1.54, 1.807) is 0 Å². The molecule has 1 heterocycles. The van der Waals surface area contributed by atoms with Crippen molar-refractivity contribution < 1.29 is 4.74 Å². The Morgan fingerprint density at radius 3 is 2.50 bits per heavy atom. The SMILES string of the molecule is CCCN(CCC)CC1CNCCO1. The summed E-state index contributed by atoms with van der Waals surface area (Å²) in [5.41, 5.74) is 0. The molecule has 3 nitrogen and oxygen atoms in total. The van der Waals surface area contributed by atoms with Gasteiger partial charge in [0.1, 0.15) is 0 Å². The maximum absolute atomic E-state index is 5.70. The van der Waals surface area contributed by atoms with Crippen LogP contribution in [0, 0.1) is 0 Å². The Balaban J connectivity index is 2.21. The first-order valence-electron chi connectivity index (χ1n) is 5.91. The van der Waals surface area contributed by atoms with Gasteiger partial charge in [-0.05, 0) is 25.9 Å². The highest BCUT2D eigenvalue weighted by Gasteiger charge is 2.16. The van der Waals surface area contributed by atoms with E-state index in [2.05, 4.69) is 24.1 Å². The van der Waals surface area contributed by atoms with E-state index < -0.39 is 0 Å². The molecule has 3 heteroatoms. The van der Waals surface area contributed by atoms with Crippen molar-refractivity contribution in [3.63, 3.8) is 0 Å². The summed E-state index contributed by atoms with van der Waals surface area (Å²) >= 11 is 0. The van der Waals surface area contributed by atoms with Crippen LogP contribution in [-0.2, 0) is 4.74 Å². The zero-order valence-corrected chi connectivity index (χ0v) is 9.59. The molecule has 0 spiro atoms. The molecule has 0 amide bonds. The van der Waals surface area contributed by atoms with Crippen LogP contribution in [0.3, 0.4) is 0 Å². The fraction of sp³-hybridized carbons (Fsp3) is 1.00. The van der Waals surface area contributed by atoms with E-state index in [1.165, 1.54) is 25.9 Å². The third kappa shape index (κ3) is 4.40. The molecule has 1 atom stereocenters. The number of rotatable bonds is 6. The lowest BCUT2D eigenvalue weighted by atomic mass is 10.2. The summed E-state index contributed by atoms with van der Waals surface area (Å²) in [6, 6.07) is 0. The van der Waals surface area contributed by atoms with Crippen LogP contribution < -0.4 is 5.32 Å². The molecule has 0 bridgehead atoms. The largest absolute Gasteiger partial charge is 0.374 e. The highest BCUT2D eigenvalue weighted by atomic mass is 16.5.